The van der Waals surface area contributed by atoms with Crippen LogP contribution in [0.15, 0.2) is 67.0 Å². The molecule has 2 amide bonds. The van der Waals surface area contributed by atoms with Crippen molar-refractivity contribution in [3.05, 3.63) is 88.7 Å². The van der Waals surface area contributed by atoms with Crippen LogP contribution in [0.5, 0.6) is 11.5 Å². The minimum absolute atomic E-state index is 0.184. The number of hydrazine groups is 1. The first-order chi connectivity index (χ1) is 14.2. The summed E-state index contributed by atoms with van der Waals surface area (Å²) in [6.45, 7) is 0. The Hall–Kier alpha value is -3.59. The van der Waals surface area contributed by atoms with E-state index in [1.807, 2.05) is 5.43 Å². The first-order valence-electron chi connectivity index (χ1n) is 8.39. The molecule has 2 aromatic carbocycles. The summed E-state index contributed by atoms with van der Waals surface area (Å²) >= 11 is 5.80. The molecule has 6 nitrogen and oxygen atoms in total. The van der Waals surface area contributed by atoms with Crippen molar-refractivity contribution in [1.82, 2.24) is 15.8 Å². The Balaban J connectivity index is 1.62. The Morgan fingerprint density at radius 2 is 1.63 bits per heavy atom. The van der Waals surface area contributed by atoms with Crippen LogP contribution in [0.4, 0.5) is 13.2 Å². The van der Waals surface area contributed by atoms with Gasteiger partial charge < -0.3 is 4.74 Å². The molecule has 0 aliphatic rings. The van der Waals surface area contributed by atoms with E-state index in [2.05, 4.69) is 10.4 Å². The lowest BCUT2D eigenvalue weighted by atomic mass is 10.1. The molecule has 10 heteroatoms. The zero-order valence-corrected chi connectivity index (χ0v) is 15.8. The molecule has 0 saturated carbocycles. The number of nitrogens with zero attached hydrogens (tertiary/aromatic N) is 1. The highest BCUT2D eigenvalue weighted by molar-refractivity contribution is 6.33. The molecule has 0 aliphatic heterocycles. The smallest absolute Gasteiger partial charge is 0.416 e. The Morgan fingerprint density at radius 3 is 2.27 bits per heavy atom. The van der Waals surface area contributed by atoms with E-state index in [0.29, 0.717) is 17.6 Å². The van der Waals surface area contributed by atoms with Crippen LogP contribution >= 0.6 is 11.6 Å². The monoisotopic (exact) mass is 435 g/mol. The highest BCUT2D eigenvalue weighted by atomic mass is 35.5. The number of carbonyl (C=O) groups is 2. The number of amides is 2. The predicted molar refractivity (Wildman–Crippen MR) is 102 cm³/mol. The Bertz CT molecular complexity index is 1060. The van der Waals surface area contributed by atoms with Gasteiger partial charge in [0.2, 0.25) is 0 Å². The van der Waals surface area contributed by atoms with E-state index in [0.717, 1.165) is 12.1 Å². The SMILES string of the molecule is O=C(NNC(=O)c1cc(C(F)(F)F)ccc1Cl)c1ccc(Oc2cccnc2)cc1. The second-order valence-corrected chi connectivity index (χ2v) is 6.32. The molecule has 30 heavy (non-hydrogen) atoms. The van der Waals surface area contributed by atoms with E-state index in [1.54, 1.807) is 18.3 Å². The van der Waals surface area contributed by atoms with Gasteiger partial charge in [0.25, 0.3) is 11.8 Å². The number of pyridine rings is 1. The molecule has 0 fully saturated rings. The van der Waals surface area contributed by atoms with Gasteiger partial charge in [0.05, 0.1) is 22.3 Å². The van der Waals surface area contributed by atoms with Crippen LogP contribution in [-0.2, 0) is 6.18 Å². The van der Waals surface area contributed by atoms with E-state index in [1.165, 1.54) is 30.5 Å². The number of alkyl halides is 3. The van der Waals surface area contributed by atoms with E-state index < -0.39 is 29.1 Å². The minimum atomic E-state index is -4.64. The van der Waals surface area contributed by atoms with Crippen molar-refractivity contribution < 1.29 is 27.5 Å². The number of ether oxygens (including phenoxy) is 1. The van der Waals surface area contributed by atoms with Crippen molar-refractivity contribution in [3.8, 4) is 11.5 Å². The molecule has 154 valence electrons. The molecular formula is C20H13ClF3N3O3. The summed E-state index contributed by atoms with van der Waals surface area (Å²) in [7, 11) is 0. The number of hydrogen-bond donors (Lipinski definition) is 2. The summed E-state index contributed by atoms with van der Waals surface area (Å²) < 4.78 is 44.0. The van der Waals surface area contributed by atoms with Gasteiger partial charge in [0, 0.05) is 11.8 Å². The van der Waals surface area contributed by atoms with Crippen LogP contribution in [0.1, 0.15) is 26.3 Å². The molecule has 0 spiro atoms. The van der Waals surface area contributed by atoms with Gasteiger partial charge in [-0.2, -0.15) is 13.2 Å². The van der Waals surface area contributed by atoms with Crippen molar-refractivity contribution in [2.24, 2.45) is 0 Å². The first kappa shape index (κ1) is 21.1. The molecular weight excluding hydrogens is 423 g/mol. The van der Waals surface area contributed by atoms with Crippen molar-refractivity contribution >= 4 is 23.4 Å². The van der Waals surface area contributed by atoms with Crippen molar-refractivity contribution in [3.63, 3.8) is 0 Å². The molecule has 0 saturated heterocycles. The van der Waals surface area contributed by atoms with Gasteiger partial charge in [-0.25, -0.2) is 0 Å². The Labute approximate surface area is 173 Å². The molecule has 0 atom stereocenters. The summed E-state index contributed by atoms with van der Waals surface area (Å²) in [4.78, 5) is 28.2. The summed E-state index contributed by atoms with van der Waals surface area (Å²) in [5.74, 6) is -0.699. The fraction of sp³-hybridized carbons (Fsp3) is 0.0500. The second-order valence-electron chi connectivity index (χ2n) is 5.92. The van der Waals surface area contributed by atoms with E-state index >= 15 is 0 Å². The lowest BCUT2D eigenvalue weighted by Gasteiger charge is -2.12. The molecule has 0 unspecified atom stereocenters. The number of benzene rings is 2. The van der Waals surface area contributed by atoms with Crippen LogP contribution in [0.25, 0.3) is 0 Å². The number of rotatable bonds is 4. The first-order valence-corrected chi connectivity index (χ1v) is 8.77. The van der Waals surface area contributed by atoms with E-state index in [4.69, 9.17) is 16.3 Å². The quantitative estimate of drug-likeness (QED) is 0.586. The van der Waals surface area contributed by atoms with Crippen LogP contribution in [0.3, 0.4) is 0 Å². The van der Waals surface area contributed by atoms with Crippen molar-refractivity contribution in [1.29, 1.82) is 0 Å². The van der Waals surface area contributed by atoms with Gasteiger partial charge in [0.1, 0.15) is 11.5 Å². The molecule has 1 aromatic heterocycles. The van der Waals surface area contributed by atoms with Crippen LogP contribution in [0.2, 0.25) is 5.02 Å². The van der Waals surface area contributed by atoms with E-state index in [9.17, 15) is 22.8 Å². The van der Waals surface area contributed by atoms with E-state index in [-0.39, 0.29) is 10.6 Å². The summed E-state index contributed by atoms with van der Waals surface area (Å²) in [6.07, 6.45) is -1.52. The highest BCUT2D eigenvalue weighted by Gasteiger charge is 2.31. The third kappa shape index (κ3) is 5.26. The Morgan fingerprint density at radius 1 is 0.933 bits per heavy atom. The third-order valence-corrected chi connectivity index (χ3v) is 4.14. The number of carbonyl (C=O) groups excluding carboxylic acids is 2. The molecule has 0 bridgehead atoms. The molecule has 3 rings (SSSR count). The number of aromatic nitrogens is 1. The van der Waals surface area contributed by atoms with Gasteiger partial charge in [-0.15, -0.1) is 0 Å². The average Bonchev–Trinajstić information content (AvgIpc) is 2.72. The lowest BCUT2D eigenvalue weighted by molar-refractivity contribution is -0.137. The third-order valence-electron chi connectivity index (χ3n) is 3.81. The van der Waals surface area contributed by atoms with Crippen molar-refractivity contribution in [2.45, 2.75) is 6.18 Å². The topological polar surface area (TPSA) is 80.3 Å². The number of nitrogens with one attached hydrogen (secondary N) is 2. The zero-order valence-electron chi connectivity index (χ0n) is 15.0. The zero-order chi connectivity index (χ0) is 21.7. The minimum Gasteiger partial charge on any atom is -0.456 e. The largest absolute Gasteiger partial charge is 0.456 e. The van der Waals surface area contributed by atoms with Crippen LogP contribution < -0.4 is 15.6 Å². The van der Waals surface area contributed by atoms with Crippen LogP contribution in [0, 0.1) is 0 Å². The predicted octanol–water partition coefficient (Wildman–Crippen LogP) is 4.62. The number of hydrogen-bond acceptors (Lipinski definition) is 4. The molecule has 1 heterocycles. The maximum absolute atomic E-state index is 12.8. The summed E-state index contributed by atoms with van der Waals surface area (Å²) in [5.41, 5.74) is 2.89. The standard InChI is InChI=1S/C20H13ClF3N3O3/c21-17-8-5-13(20(22,23)24)10-16(17)19(29)27-26-18(28)12-3-6-14(7-4-12)30-15-2-1-9-25-11-15/h1-11H,(H,26,28)(H,27,29). The summed E-state index contributed by atoms with van der Waals surface area (Å²) in [6, 6.07) is 11.7. The lowest BCUT2D eigenvalue weighted by Crippen LogP contribution is -2.41. The summed E-state index contributed by atoms with van der Waals surface area (Å²) in [5, 5.41) is -0.188. The fourth-order valence-electron chi connectivity index (χ4n) is 2.35. The molecule has 0 radical (unpaired) electrons. The van der Waals surface area contributed by atoms with Gasteiger partial charge >= 0.3 is 6.18 Å². The maximum atomic E-state index is 12.8. The molecule has 2 N–H and O–H groups in total. The normalized spacial score (nSPS) is 10.9. The van der Waals surface area contributed by atoms with Crippen LogP contribution in [-0.4, -0.2) is 16.8 Å². The van der Waals surface area contributed by atoms with Crippen molar-refractivity contribution in [2.75, 3.05) is 0 Å². The van der Waals surface area contributed by atoms with Gasteiger partial charge in [0.15, 0.2) is 0 Å². The second kappa shape index (κ2) is 8.83. The average molecular weight is 436 g/mol. The number of halogens is 4. The maximum Gasteiger partial charge on any atom is 0.416 e. The Kier molecular flexibility index (Phi) is 6.22. The highest BCUT2D eigenvalue weighted by Crippen LogP contribution is 2.31. The molecule has 3 aromatic rings. The van der Waals surface area contributed by atoms with Gasteiger partial charge in [-0.3, -0.25) is 25.4 Å². The fourth-order valence-corrected chi connectivity index (χ4v) is 2.55. The van der Waals surface area contributed by atoms with Gasteiger partial charge in [-0.1, -0.05) is 11.6 Å². The molecule has 0 aliphatic carbocycles. The van der Waals surface area contributed by atoms with Gasteiger partial charge in [-0.05, 0) is 54.6 Å².